The minimum absolute atomic E-state index is 0.195. The number of hydrogen-bond acceptors (Lipinski definition) is 3. The highest BCUT2D eigenvalue weighted by Gasteiger charge is 2.16. The molecule has 1 heterocycles. The summed E-state index contributed by atoms with van der Waals surface area (Å²) in [6, 6.07) is 13.7. The van der Waals surface area contributed by atoms with E-state index in [9.17, 15) is 9.59 Å². The van der Waals surface area contributed by atoms with E-state index in [4.69, 9.17) is 11.6 Å². The molecule has 3 rings (SSSR count). The quantitative estimate of drug-likeness (QED) is 0.581. The van der Waals surface area contributed by atoms with Gasteiger partial charge in [0.1, 0.15) is 0 Å². The van der Waals surface area contributed by atoms with Gasteiger partial charge >= 0.3 is 0 Å². The zero-order chi connectivity index (χ0) is 18.5. The average molecular weight is 433 g/mol. The van der Waals surface area contributed by atoms with Crippen molar-refractivity contribution >= 4 is 44.9 Å². The van der Waals surface area contributed by atoms with Crippen molar-refractivity contribution in [1.29, 1.82) is 0 Å². The van der Waals surface area contributed by atoms with Crippen molar-refractivity contribution in [3.05, 3.63) is 81.5 Å². The van der Waals surface area contributed by atoms with Crippen LogP contribution < -0.4 is 5.32 Å². The standard InChI is InChI=1S/C19H15BrClN3O2/c20-14-11-22-24(12-14)9-8-18(25)23-17-7-6-15(21)10-16(17)19(26)13-4-2-1-3-5-13/h1-7,10-12H,8-9H2,(H,23,25). The van der Waals surface area contributed by atoms with Crippen LogP contribution in [-0.4, -0.2) is 21.5 Å². The van der Waals surface area contributed by atoms with Crippen LogP contribution in [0.4, 0.5) is 5.69 Å². The monoisotopic (exact) mass is 431 g/mol. The molecule has 1 N–H and O–H groups in total. The van der Waals surface area contributed by atoms with Crippen molar-refractivity contribution in [3.63, 3.8) is 0 Å². The molecule has 0 bridgehead atoms. The highest BCUT2D eigenvalue weighted by molar-refractivity contribution is 9.10. The topological polar surface area (TPSA) is 64.0 Å². The number of ketones is 1. The number of halogens is 2. The number of rotatable bonds is 6. The molecule has 5 nitrogen and oxygen atoms in total. The van der Waals surface area contributed by atoms with E-state index < -0.39 is 0 Å². The number of anilines is 1. The van der Waals surface area contributed by atoms with E-state index in [-0.39, 0.29) is 18.1 Å². The van der Waals surface area contributed by atoms with Gasteiger partial charge in [0.15, 0.2) is 5.78 Å². The van der Waals surface area contributed by atoms with E-state index in [1.807, 2.05) is 6.07 Å². The lowest BCUT2D eigenvalue weighted by molar-refractivity contribution is -0.116. The molecule has 0 saturated heterocycles. The summed E-state index contributed by atoms with van der Waals surface area (Å²) >= 11 is 9.36. The van der Waals surface area contributed by atoms with E-state index in [0.717, 1.165) is 4.47 Å². The first-order valence-electron chi connectivity index (χ1n) is 7.90. The third kappa shape index (κ3) is 4.59. The van der Waals surface area contributed by atoms with Gasteiger partial charge in [-0.2, -0.15) is 5.10 Å². The van der Waals surface area contributed by atoms with Gasteiger partial charge in [-0.25, -0.2) is 0 Å². The van der Waals surface area contributed by atoms with E-state index in [2.05, 4.69) is 26.3 Å². The Morgan fingerprint density at radius 2 is 1.92 bits per heavy atom. The Labute approximate surface area is 164 Å². The summed E-state index contributed by atoms with van der Waals surface area (Å²) in [6.45, 7) is 0.437. The molecular formula is C19H15BrClN3O2. The molecule has 0 unspecified atom stereocenters. The van der Waals surface area contributed by atoms with E-state index in [1.54, 1.807) is 59.5 Å². The molecule has 0 atom stereocenters. The predicted octanol–water partition coefficient (Wildman–Crippen LogP) is 4.56. The minimum Gasteiger partial charge on any atom is -0.325 e. The Kier molecular flexibility index (Phi) is 5.85. The van der Waals surface area contributed by atoms with Crippen molar-refractivity contribution in [2.24, 2.45) is 0 Å². The summed E-state index contributed by atoms with van der Waals surface area (Å²) in [5.41, 5.74) is 1.33. The first-order valence-corrected chi connectivity index (χ1v) is 9.07. The van der Waals surface area contributed by atoms with Crippen LogP contribution >= 0.6 is 27.5 Å². The number of nitrogens with zero attached hydrogens (tertiary/aromatic N) is 2. The smallest absolute Gasteiger partial charge is 0.226 e. The Morgan fingerprint density at radius 3 is 2.62 bits per heavy atom. The molecule has 1 amide bonds. The zero-order valence-electron chi connectivity index (χ0n) is 13.7. The molecule has 0 spiro atoms. The van der Waals surface area contributed by atoms with Gasteiger partial charge in [0.2, 0.25) is 5.91 Å². The second-order valence-corrected chi connectivity index (χ2v) is 6.96. The van der Waals surface area contributed by atoms with Crippen LogP contribution in [-0.2, 0) is 11.3 Å². The van der Waals surface area contributed by atoms with Crippen LogP contribution in [0.2, 0.25) is 5.02 Å². The van der Waals surface area contributed by atoms with Gasteiger partial charge in [0, 0.05) is 35.3 Å². The number of amides is 1. The fraction of sp³-hybridized carbons (Fsp3) is 0.105. The Hall–Kier alpha value is -2.44. The molecule has 132 valence electrons. The fourth-order valence-corrected chi connectivity index (χ4v) is 2.95. The lowest BCUT2D eigenvalue weighted by Crippen LogP contribution is -2.17. The van der Waals surface area contributed by atoms with Crippen LogP contribution in [0.1, 0.15) is 22.3 Å². The number of aryl methyl sites for hydroxylation is 1. The molecule has 0 radical (unpaired) electrons. The molecule has 26 heavy (non-hydrogen) atoms. The maximum absolute atomic E-state index is 12.8. The largest absolute Gasteiger partial charge is 0.325 e. The maximum Gasteiger partial charge on any atom is 0.226 e. The molecular weight excluding hydrogens is 418 g/mol. The van der Waals surface area contributed by atoms with Crippen LogP contribution in [0.15, 0.2) is 65.4 Å². The van der Waals surface area contributed by atoms with Gasteiger partial charge in [-0.15, -0.1) is 0 Å². The maximum atomic E-state index is 12.8. The number of benzene rings is 2. The second-order valence-electron chi connectivity index (χ2n) is 5.60. The van der Waals surface area contributed by atoms with Crippen molar-refractivity contribution in [1.82, 2.24) is 9.78 Å². The Bertz CT molecular complexity index is 941. The molecule has 7 heteroatoms. The van der Waals surface area contributed by atoms with Gasteiger partial charge in [-0.3, -0.25) is 14.3 Å². The van der Waals surface area contributed by atoms with Crippen LogP contribution in [0.3, 0.4) is 0 Å². The van der Waals surface area contributed by atoms with Gasteiger partial charge in [-0.05, 0) is 34.1 Å². The lowest BCUT2D eigenvalue weighted by atomic mass is 10.0. The highest BCUT2D eigenvalue weighted by Crippen LogP contribution is 2.24. The van der Waals surface area contributed by atoms with Gasteiger partial charge < -0.3 is 5.32 Å². The summed E-state index contributed by atoms with van der Waals surface area (Å²) in [4.78, 5) is 25.0. The van der Waals surface area contributed by atoms with E-state index in [1.165, 1.54) is 0 Å². The SMILES string of the molecule is O=C(CCn1cc(Br)cn1)Nc1ccc(Cl)cc1C(=O)c1ccccc1. The first-order chi connectivity index (χ1) is 12.5. The minimum atomic E-state index is -0.207. The summed E-state index contributed by atoms with van der Waals surface area (Å²) in [6.07, 6.45) is 3.68. The summed E-state index contributed by atoms with van der Waals surface area (Å²) in [5.74, 6) is -0.402. The van der Waals surface area contributed by atoms with Crippen molar-refractivity contribution in [2.45, 2.75) is 13.0 Å². The zero-order valence-corrected chi connectivity index (χ0v) is 16.0. The third-order valence-electron chi connectivity index (χ3n) is 3.71. The lowest BCUT2D eigenvalue weighted by Gasteiger charge is -2.11. The fourth-order valence-electron chi connectivity index (χ4n) is 2.45. The molecule has 0 aliphatic heterocycles. The molecule has 1 aromatic heterocycles. The summed E-state index contributed by atoms with van der Waals surface area (Å²) < 4.78 is 2.52. The van der Waals surface area contributed by atoms with E-state index in [0.29, 0.717) is 28.4 Å². The molecule has 0 fully saturated rings. The Morgan fingerprint density at radius 1 is 1.15 bits per heavy atom. The first kappa shape index (κ1) is 18.4. The van der Waals surface area contributed by atoms with Crippen LogP contribution in [0.5, 0.6) is 0 Å². The van der Waals surface area contributed by atoms with Crippen molar-refractivity contribution in [3.8, 4) is 0 Å². The third-order valence-corrected chi connectivity index (χ3v) is 4.35. The molecule has 0 saturated carbocycles. The molecule has 0 aliphatic rings. The van der Waals surface area contributed by atoms with Crippen LogP contribution in [0, 0.1) is 0 Å². The van der Waals surface area contributed by atoms with Gasteiger partial charge in [0.05, 0.1) is 16.4 Å². The number of nitrogens with one attached hydrogen (secondary N) is 1. The number of carbonyl (C=O) groups excluding carboxylic acids is 2. The van der Waals surface area contributed by atoms with Crippen molar-refractivity contribution in [2.75, 3.05) is 5.32 Å². The highest BCUT2D eigenvalue weighted by atomic mass is 79.9. The Balaban J connectivity index is 1.75. The average Bonchev–Trinajstić information content (AvgIpc) is 3.07. The normalized spacial score (nSPS) is 10.5. The van der Waals surface area contributed by atoms with E-state index >= 15 is 0 Å². The summed E-state index contributed by atoms with van der Waals surface area (Å²) in [5, 5.41) is 7.34. The van der Waals surface area contributed by atoms with Crippen LogP contribution in [0.25, 0.3) is 0 Å². The van der Waals surface area contributed by atoms with Gasteiger partial charge in [0.25, 0.3) is 0 Å². The number of aromatic nitrogens is 2. The second kappa shape index (κ2) is 8.29. The number of hydrogen-bond donors (Lipinski definition) is 1. The van der Waals surface area contributed by atoms with Crippen molar-refractivity contribution < 1.29 is 9.59 Å². The summed E-state index contributed by atoms with van der Waals surface area (Å²) in [7, 11) is 0. The molecule has 3 aromatic rings. The molecule has 0 aliphatic carbocycles. The predicted molar refractivity (Wildman–Crippen MR) is 105 cm³/mol. The van der Waals surface area contributed by atoms with Gasteiger partial charge in [-0.1, -0.05) is 41.9 Å². The number of carbonyl (C=O) groups is 2. The molecule has 2 aromatic carbocycles.